The van der Waals surface area contributed by atoms with Crippen molar-refractivity contribution in [2.75, 3.05) is 13.4 Å². The second kappa shape index (κ2) is 6.30. The molecule has 5 heteroatoms. The van der Waals surface area contributed by atoms with Crippen molar-refractivity contribution in [1.82, 2.24) is 0 Å². The van der Waals surface area contributed by atoms with Gasteiger partial charge in [0, 0.05) is 18.4 Å². The average Bonchev–Trinajstić information content (AvgIpc) is 2.93. The molecule has 2 bridgehead atoms. The lowest BCUT2D eigenvalue weighted by atomic mass is 9.94. The van der Waals surface area contributed by atoms with E-state index < -0.39 is 0 Å². The van der Waals surface area contributed by atoms with E-state index in [2.05, 4.69) is 0 Å². The van der Waals surface area contributed by atoms with E-state index in [1.54, 1.807) is 0 Å². The molecule has 0 aliphatic heterocycles. The van der Waals surface area contributed by atoms with Crippen LogP contribution in [-0.4, -0.2) is 31.4 Å². The average molecular weight is 268 g/mol. The predicted octanol–water partition coefficient (Wildman–Crippen LogP) is 1.67. The third kappa shape index (κ3) is 3.04. The first-order valence-electron chi connectivity index (χ1n) is 6.79. The summed E-state index contributed by atoms with van der Waals surface area (Å²) in [7, 11) is 0. The molecule has 0 N–H and O–H groups in total. The topological polar surface area (TPSA) is 61.8 Å². The summed E-state index contributed by atoms with van der Waals surface area (Å²) in [6.45, 7) is 4.24. The summed E-state index contributed by atoms with van der Waals surface area (Å²) in [6, 6.07) is 0. The fourth-order valence-electron chi connectivity index (χ4n) is 2.63. The van der Waals surface area contributed by atoms with Crippen LogP contribution in [0.4, 0.5) is 0 Å². The fourth-order valence-corrected chi connectivity index (χ4v) is 2.63. The monoisotopic (exact) mass is 268 g/mol. The van der Waals surface area contributed by atoms with Crippen LogP contribution < -0.4 is 0 Å². The standard InChI is InChI=1S/C14H20O5/c1-3-12(17-4-2)18-8-19-14(16)11-7-9-5-6-10(11)13(9)15/h5-6,9-12H,3-4,7-8H2,1-2H3. The van der Waals surface area contributed by atoms with Crippen molar-refractivity contribution in [3.8, 4) is 0 Å². The van der Waals surface area contributed by atoms with E-state index in [1.165, 1.54) is 0 Å². The molecule has 2 aliphatic rings. The zero-order valence-electron chi connectivity index (χ0n) is 11.3. The first kappa shape index (κ1) is 14.2. The van der Waals surface area contributed by atoms with E-state index in [0.29, 0.717) is 19.4 Å². The minimum absolute atomic E-state index is 0.0877. The number of carbonyl (C=O) groups is 2. The van der Waals surface area contributed by atoms with Crippen molar-refractivity contribution in [3.63, 3.8) is 0 Å². The number of carbonyl (C=O) groups excluding carboxylic acids is 2. The van der Waals surface area contributed by atoms with Gasteiger partial charge in [-0.1, -0.05) is 19.1 Å². The lowest BCUT2D eigenvalue weighted by molar-refractivity contribution is -0.202. The molecule has 0 spiro atoms. The number of hydrogen-bond acceptors (Lipinski definition) is 5. The number of ketones is 1. The number of Topliss-reactive ketones (excluding diaryl/α,β-unsaturated/α-hetero) is 1. The number of rotatable bonds is 7. The van der Waals surface area contributed by atoms with Crippen LogP contribution >= 0.6 is 0 Å². The van der Waals surface area contributed by atoms with Crippen LogP contribution in [0, 0.1) is 17.8 Å². The maximum Gasteiger partial charge on any atom is 0.312 e. The maximum absolute atomic E-state index is 11.9. The number of hydrogen-bond donors (Lipinski definition) is 0. The second-order valence-electron chi connectivity index (χ2n) is 4.80. The van der Waals surface area contributed by atoms with Gasteiger partial charge in [0.05, 0.1) is 5.92 Å². The van der Waals surface area contributed by atoms with Crippen molar-refractivity contribution < 1.29 is 23.8 Å². The Labute approximate surface area is 112 Å². The molecule has 2 aliphatic carbocycles. The van der Waals surface area contributed by atoms with E-state index in [0.717, 1.165) is 0 Å². The summed E-state index contributed by atoms with van der Waals surface area (Å²) in [5.74, 6) is -0.917. The van der Waals surface area contributed by atoms with Gasteiger partial charge in [0.2, 0.25) is 0 Å². The molecule has 0 aromatic heterocycles. The van der Waals surface area contributed by atoms with E-state index in [-0.39, 0.29) is 42.6 Å². The lowest BCUT2D eigenvalue weighted by Crippen LogP contribution is -2.26. The minimum atomic E-state index is -0.350. The van der Waals surface area contributed by atoms with Gasteiger partial charge in [0.15, 0.2) is 13.1 Å². The Hall–Kier alpha value is -1.20. The summed E-state index contributed by atoms with van der Waals surface area (Å²) in [5.41, 5.74) is 0. The first-order chi connectivity index (χ1) is 9.17. The molecule has 0 aromatic carbocycles. The highest BCUT2D eigenvalue weighted by atomic mass is 16.8. The normalized spacial score (nSPS) is 29.8. The molecule has 0 amide bonds. The molecule has 4 atom stereocenters. The molecule has 2 rings (SSSR count). The van der Waals surface area contributed by atoms with Crippen LogP contribution in [0.2, 0.25) is 0 Å². The maximum atomic E-state index is 11.9. The van der Waals surface area contributed by atoms with Gasteiger partial charge in [-0.3, -0.25) is 9.59 Å². The molecule has 0 saturated heterocycles. The van der Waals surface area contributed by atoms with Crippen molar-refractivity contribution in [3.05, 3.63) is 12.2 Å². The summed E-state index contributed by atoms with van der Waals surface area (Å²) < 4.78 is 15.7. The van der Waals surface area contributed by atoms with E-state index in [1.807, 2.05) is 26.0 Å². The van der Waals surface area contributed by atoms with Crippen molar-refractivity contribution in [2.45, 2.75) is 33.0 Å². The van der Waals surface area contributed by atoms with Crippen molar-refractivity contribution >= 4 is 11.8 Å². The number of esters is 1. The Kier molecular flexibility index (Phi) is 4.71. The Morgan fingerprint density at radius 1 is 1.37 bits per heavy atom. The van der Waals surface area contributed by atoms with Crippen LogP contribution in [0.25, 0.3) is 0 Å². The molecular formula is C14H20O5. The van der Waals surface area contributed by atoms with Gasteiger partial charge in [-0.2, -0.15) is 0 Å². The fraction of sp³-hybridized carbons (Fsp3) is 0.714. The molecule has 19 heavy (non-hydrogen) atoms. The highest BCUT2D eigenvalue weighted by Crippen LogP contribution is 2.41. The summed E-state index contributed by atoms with van der Waals surface area (Å²) in [5, 5.41) is 0. The number of allylic oxidation sites excluding steroid dienone is 2. The highest BCUT2D eigenvalue weighted by molar-refractivity contribution is 5.96. The highest BCUT2D eigenvalue weighted by Gasteiger charge is 2.47. The Bertz CT molecular complexity index is 376. The number of fused-ring (bicyclic) bond motifs is 2. The smallest absolute Gasteiger partial charge is 0.312 e. The third-order valence-electron chi connectivity index (χ3n) is 3.63. The Balaban J connectivity index is 1.74. The summed E-state index contributed by atoms with van der Waals surface area (Å²) >= 11 is 0. The first-order valence-corrected chi connectivity index (χ1v) is 6.79. The van der Waals surface area contributed by atoms with Crippen molar-refractivity contribution in [1.29, 1.82) is 0 Å². The predicted molar refractivity (Wildman–Crippen MR) is 67.0 cm³/mol. The van der Waals surface area contributed by atoms with Gasteiger partial charge in [-0.05, 0) is 19.8 Å². The van der Waals surface area contributed by atoms with E-state index >= 15 is 0 Å². The number of ether oxygens (including phenoxy) is 3. The molecule has 5 nitrogen and oxygen atoms in total. The SMILES string of the molecule is CCOC(CC)OCOC(=O)C1CC2C=CC1C2=O. The second-order valence-corrected chi connectivity index (χ2v) is 4.80. The van der Waals surface area contributed by atoms with Gasteiger partial charge in [0.25, 0.3) is 0 Å². The Morgan fingerprint density at radius 3 is 2.68 bits per heavy atom. The Morgan fingerprint density at radius 2 is 2.16 bits per heavy atom. The molecule has 1 saturated carbocycles. The quantitative estimate of drug-likeness (QED) is 0.399. The van der Waals surface area contributed by atoms with Crippen LogP contribution in [0.3, 0.4) is 0 Å². The van der Waals surface area contributed by atoms with Gasteiger partial charge in [-0.15, -0.1) is 0 Å². The van der Waals surface area contributed by atoms with Crippen LogP contribution in [-0.2, 0) is 23.8 Å². The lowest BCUT2D eigenvalue weighted by Gasteiger charge is -2.18. The minimum Gasteiger partial charge on any atom is -0.438 e. The molecule has 0 radical (unpaired) electrons. The van der Waals surface area contributed by atoms with Crippen molar-refractivity contribution in [2.24, 2.45) is 17.8 Å². The largest absolute Gasteiger partial charge is 0.438 e. The summed E-state index contributed by atoms with van der Waals surface area (Å²) in [4.78, 5) is 23.6. The third-order valence-corrected chi connectivity index (χ3v) is 3.63. The van der Waals surface area contributed by atoms with Crippen LogP contribution in [0.15, 0.2) is 12.2 Å². The molecule has 0 aromatic rings. The molecule has 1 fully saturated rings. The van der Waals surface area contributed by atoms with Crippen LogP contribution in [0.5, 0.6) is 0 Å². The zero-order valence-corrected chi connectivity index (χ0v) is 11.3. The molecular weight excluding hydrogens is 248 g/mol. The van der Waals surface area contributed by atoms with Crippen LogP contribution in [0.1, 0.15) is 26.7 Å². The van der Waals surface area contributed by atoms with Gasteiger partial charge < -0.3 is 14.2 Å². The van der Waals surface area contributed by atoms with E-state index in [9.17, 15) is 9.59 Å². The summed E-state index contributed by atoms with van der Waals surface area (Å²) in [6.07, 6.45) is 4.62. The van der Waals surface area contributed by atoms with Gasteiger partial charge in [-0.25, -0.2) is 0 Å². The molecule has 0 heterocycles. The van der Waals surface area contributed by atoms with Gasteiger partial charge >= 0.3 is 5.97 Å². The molecule has 106 valence electrons. The van der Waals surface area contributed by atoms with E-state index in [4.69, 9.17) is 14.2 Å². The van der Waals surface area contributed by atoms with Gasteiger partial charge in [0.1, 0.15) is 5.78 Å². The molecule has 4 unspecified atom stereocenters. The zero-order chi connectivity index (χ0) is 13.8.